The molecule has 2 rings (SSSR count). The number of rotatable bonds is 6. The Balaban J connectivity index is 2.52. The monoisotopic (exact) mass is 279 g/mol. The van der Waals surface area contributed by atoms with E-state index in [1.54, 1.807) is 0 Å². The van der Waals surface area contributed by atoms with Crippen molar-refractivity contribution in [3.8, 4) is 0 Å². The zero-order valence-corrected chi connectivity index (χ0v) is 13.9. The molecule has 0 atom stereocenters. The normalized spacial score (nSPS) is 10.9. The molecule has 0 heteroatoms. The molecule has 2 aromatic carbocycles. The van der Waals surface area contributed by atoms with Gasteiger partial charge in [-0.2, -0.15) is 0 Å². The predicted molar refractivity (Wildman–Crippen MR) is 92.9 cm³/mol. The van der Waals surface area contributed by atoms with Crippen molar-refractivity contribution in [2.24, 2.45) is 0 Å². The van der Waals surface area contributed by atoms with Crippen molar-refractivity contribution in [1.29, 1.82) is 0 Å². The summed E-state index contributed by atoms with van der Waals surface area (Å²) in [6.45, 7) is 8.99. The van der Waals surface area contributed by atoms with Gasteiger partial charge in [0.05, 0.1) is 0 Å². The molecule has 111 valence electrons. The van der Waals surface area contributed by atoms with Gasteiger partial charge in [-0.25, -0.2) is 0 Å². The first-order chi connectivity index (χ1) is 10.2. The maximum atomic E-state index is 2.44. The Labute approximate surface area is 130 Å². The van der Waals surface area contributed by atoms with Gasteiger partial charge < -0.3 is 0 Å². The summed E-state index contributed by atoms with van der Waals surface area (Å²) in [5, 5.41) is 0. The molecule has 0 saturated heterocycles. The van der Waals surface area contributed by atoms with Crippen molar-refractivity contribution in [3.63, 3.8) is 0 Å². The van der Waals surface area contributed by atoms with E-state index in [1.807, 2.05) is 0 Å². The van der Waals surface area contributed by atoms with Crippen LogP contribution in [0.25, 0.3) is 0 Å². The highest BCUT2D eigenvalue weighted by molar-refractivity contribution is 5.52. The Morgan fingerprint density at radius 3 is 1.10 bits per heavy atom. The van der Waals surface area contributed by atoms with Crippen LogP contribution in [-0.4, -0.2) is 0 Å². The maximum absolute atomic E-state index is 2.44. The van der Waals surface area contributed by atoms with Crippen LogP contribution in [0.4, 0.5) is 0 Å². The summed E-state index contributed by atoms with van der Waals surface area (Å²) in [6.07, 6.45) is 6.81. The number of benzene rings is 2. The smallest absolute Gasteiger partial charge is 0.0210 e. The first-order valence-corrected chi connectivity index (χ1v) is 8.31. The van der Waals surface area contributed by atoms with Gasteiger partial charge in [0, 0.05) is 6.42 Å². The van der Waals surface area contributed by atoms with Crippen molar-refractivity contribution in [1.82, 2.24) is 0 Å². The number of hydrogen-bond acceptors (Lipinski definition) is 0. The standard InChI is InChI=1S/C21H27/c1-5-16-11-9-12-17(6-2)20(16)15-21-18(7-3)13-10-14-19(21)8-4/h9-15H,5-8H2,1-4H3. The lowest BCUT2D eigenvalue weighted by molar-refractivity contribution is 1.02. The van der Waals surface area contributed by atoms with Crippen LogP contribution in [0.2, 0.25) is 0 Å². The largest absolute Gasteiger partial charge is 0.0617 e. The van der Waals surface area contributed by atoms with Crippen LogP contribution in [0.15, 0.2) is 36.4 Å². The summed E-state index contributed by atoms with van der Waals surface area (Å²) < 4.78 is 0. The fourth-order valence-corrected chi connectivity index (χ4v) is 3.08. The van der Waals surface area contributed by atoms with Gasteiger partial charge in [-0.15, -0.1) is 0 Å². The Kier molecular flexibility index (Phi) is 5.61. The van der Waals surface area contributed by atoms with Crippen LogP contribution >= 0.6 is 0 Å². The minimum atomic E-state index is 1.09. The van der Waals surface area contributed by atoms with Crippen LogP contribution < -0.4 is 0 Å². The molecule has 21 heavy (non-hydrogen) atoms. The molecule has 0 aliphatic carbocycles. The average Bonchev–Trinajstić information content (AvgIpc) is 2.55. The molecule has 0 fully saturated rings. The van der Waals surface area contributed by atoms with Crippen molar-refractivity contribution >= 4 is 0 Å². The quantitative estimate of drug-likeness (QED) is 0.651. The van der Waals surface area contributed by atoms with Crippen molar-refractivity contribution in [2.45, 2.75) is 53.4 Å². The van der Waals surface area contributed by atoms with Crippen LogP contribution in [0, 0.1) is 6.42 Å². The molecule has 0 spiro atoms. The van der Waals surface area contributed by atoms with Gasteiger partial charge in [0.1, 0.15) is 0 Å². The summed E-state index contributed by atoms with van der Waals surface area (Å²) >= 11 is 0. The zero-order valence-electron chi connectivity index (χ0n) is 13.9. The summed E-state index contributed by atoms with van der Waals surface area (Å²) in [5.74, 6) is 0. The molecular weight excluding hydrogens is 252 g/mol. The van der Waals surface area contributed by atoms with E-state index in [9.17, 15) is 0 Å². The molecule has 0 bridgehead atoms. The first-order valence-electron chi connectivity index (χ1n) is 8.31. The van der Waals surface area contributed by atoms with Crippen LogP contribution in [0.3, 0.4) is 0 Å². The van der Waals surface area contributed by atoms with E-state index < -0.39 is 0 Å². The van der Waals surface area contributed by atoms with Gasteiger partial charge in [-0.1, -0.05) is 64.1 Å². The molecule has 0 aliphatic rings. The summed E-state index contributed by atoms with van der Waals surface area (Å²) in [4.78, 5) is 0. The minimum absolute atomic E-state index is 1.09. The Hall–Kier alpha value is -1.56. The lowest BCUT2D eigenvalue weighted by Gasteiger charge is -2.17. The van der Waals surface area contributed by atoms with Gasteiger partial charge >= 0.3 is 0 Å². The Morgan fingerprint density at radius 1 is 0.571 bits per heavy atom. The SMILES string of the molecule is CCc1cccc(CC)c1[CH]c1c(CC)cccc1CC. The van der Waals surface area contributed by atoms with Crippen LogP contribution in [-0.2, 0) is 25.7 Å². The van der Waals surface area contributed by atoms with E-state index in [-0.39, 0.29) is 0 Å². The van der Waals surface area contributed by atoms with Crippen molar-refractivity contribution < 1.29 is 0 Å². The molecule has 0 nitrogen and oxygen atoms in total. The van der Waals surface area contributed by atoms with E-state index in [0.29, 0.717) is 0 Å². The van der Waals surface area contributed by atoms with Crippen LogP contribution in [0.1, 0.15) is 61.1 Å². The highest BCUT2D eigenvalue weighted by Crippen LogP contribution is 2.27. The van der Waals surface area contributed by atoms with E-state index in [2.05, 4.69) is 70.5 Å². The molecule has 0 N–H and O–H groups in total. The van der Waals surface area contributed by atoms with Gasteiger partial charge in [0.2, 0.25) is 0 Å². The number of aryl methyl sites for hydroxylation is 4. The van der Waals surface area contributed by atoms with Gasteiger partial charge in [-0.05, 0) is 59.1 Å². The van der Waals surface area contributed by atoms with Crippen molar-refractivity contribution in [3.05, 3.63) is 76.2 Å². The van der Waals surface area contributed by atoms with Crippen molar-refractivity contribution in [2.75, 3.05) is 0 Å². The summed E-state index contributed by atoms with van der Waals surface area (Å²) in [6, 6.07) is 13.5. The van der Waals surface area contributed by atoms with E-state index in [1.165, 1.54) is 33.4 Å². The molecular formula is C21H27. The zero-order chi connectivity index (χ0) is 15.2. The molecule has 0 aromatic heterocycles. The lowest BCUT2D eigenvalue weighted by atomic mass is 9.87. The summed E-state index contributed by atoms with van der Waals surface area (Å²) in [7, 11) is 0. The fraction of sp³-hybridized carbons (Fsp3) is 0.381. The van der Waals surface area contributed by atoms with Gasteiger partial charge in [-0.3, -0.25) is 0 Å². The van der Waals surface area contributed by atoms with Crippen LogP contribution in [0.5, 0.6) is 0 Å². The van der Waals surface area contributed by atoms with E-state index >= 15 is 0 Å². The molecule has 0 unspecified atom stereocenters. The predicted octanol–water partition coefficient (Wildman–Crippen LogP) is 5.54. The molecule has 1 radical (unpaired) electrons. The first kappa shape index (κ1) is 15.8. The molecule has 0 heterocycles. The molecule has 2 aromatic rings. The second kappa shape index (κ2) is 7.45. The second-order valence-electron chi connectivity index (χ2n) is 5.54. The second-order valence-corrected chi connectivity index (χ2v) is 5.54. The molecule has 0 saturated carbocycles. The van der Waals surface area contributed by atoms with E-state index in [4.69, 9.17) is 0 Å². The third-order valence-electron chi connectivity index (χ3n) is 4.39. The highest BCUT2D eigenvalue weighted by Gasteiger charge is 2.12. The topological polar surface area (TPSA) is 0 Å². The van der Waals surface area contributed by atoms with E-state index in [0.717, 1.165) is 25.7 Å². The average molecular weight is 279 g/mol. The number of hydrogen-bond donors (Lipinski definition) is 0. The lowest BCUT2D eigenvalue weighted by Crippen LogP contribution is -2.03. The van der Waals surface area contributed by atoms with Gasteiger partial charge in [0.25, 0.3) is 0 Å². The fourth-order valence-electron chi connectivity index (χ4n) is 3.08. The molecule has 0 aliphatic heterocycles. The summed E-state index contributed by atoms with van der Waals surface area (Å²) in [5.41, 5.74) is 8.73. The third kappa shape index (κ3) is 3.37. The third-order valence-corrected chi connectivity index (χ3v) is 4.39. The highest BCUT2D eigenvalue weighted by atomic mass is 14.2. The Morgan fingerprint density at radius 2 is 0.857 bits per heavy atom. The minimum Gasteiger partial charge on any atom is -0.0617 e. The maximum Gasteiger partial charge on any atom is 0.0210 e. The molecule has 0 amide bonds. The Bertz CT molecular complexity index is 495. The van der Waals surface area contributed by atoms with Gasteiger partial charge in [0.15, 0.2) is 0 Å².